The van der Waals surface area contributed by atoms with Crippen LogP contribution in [0.25, 0.3) is 5.76 Å². The maximum Gasteiger partial charge on any atom is 0.300 e. The first-order chi connectivity index (χ1) is 17.7. The van der Waals surface area contributed by atoms with Crippen LogP contribution in [0, 0.1) is 0 Å². The lowest BCUT2D eigenvalue weighted by Gasteiger charge is -2.26. The number of rotatable bonds is 7. The summed E-state index contributed by atoms with van der Waals surface area (Å²) in [4.78, 5) is 30.2. The first-order valence-corrected chi connectivity index (χ1v) is 11.7. The van der Waals surface area contributed by atoms with Gasteiger partial charge in [-0.1, -0.05) is 23.7 Å². The number of amides is 1. The summed E-state index contributed by atoms with van der Waals surface area (Å²) >= 11 is 6.28. The molecule has 37 heavy (non-hydrogen) atoms. The summed E-state index contributed by atoms with van der Waals surface area (Å²) in [6, 6.07) is 16.1. The van der Waals surface area contributed by atoms with E-state index >= 15 is 0 Å². The second-order valence-corrected chi connectivity index (χ2v) is 8.98. The second-order valence-electron chi connectivity index (χ2n) is 8.58. The lowest BCUT2D eigenvalue weighted by molar-refractivity contribution is -0.132. The Bertz CT molecular complexity index is 1360. The van der Waals surface area contributed by atoms with Crippen molar-refractivity contribution in [2.75, 3.05) is 45.2 Å². The number of aliphatic hydroxyl groups excluding tert-OH is 1. The van der Waals surface area contributed by atoms with Gasteiger partial charge in [-0.05, 0) is 35.9 Å². The largest absolute Gasteiger partial charge is 0.507 e. The van der Waals surface area contributed by atoms with E-state index in [-0.39, 0.29) is 21.9 Å². The van der Waals surface area contributed by atoms with Gasteiger partial charge < -0.3 is 24.2 Å². The third-order valence-corrected chi connectivity index (χ3v) is 6.50. The Labute approximate surface area is 220 Å². The zero-order valence-electron chi connectivity index (χ0n) is 21.1. The molecule has 1 aliphatic rings. The molecule has 3 aromatic carbocycles. The van der Waals surface area contributed by atoms with Gasteiger partial charge in [0.15, 0.2) is 0 Å². The number of Topliss-reactive ketones (excluding diaryl/α,β-unsaturated/α-hetero) is 1. The molecule has 1 fully saturated rings. The number of carbonyl (C=O) groups is 2. The molecule has 0 radical (unpaired) electrons. The lowest BCUT2D eigenvalue weighted by atomic mass is 9.94. The van der Waals surface area contributed by atoms with Crippen LogP contribution in [0.5, 0.6) is 17.2 Å². The predicted octanol–water partition coefficient (Wildman–Crippen LogP) is 5.06. The van der Waals surface area contributed by atoms with E-state index in [1.54, 1.807) is 30.3 Å². The smallest absolute Gasteiger partial charge is 0.300 e. The molecule has 0 spiro atoms. The minimum Gasteiger partial charge on any atom is -0.507 e. The molecule has 192 valence electrons. The molecule has 1 N–H and O–H groups in total. The van der Waals surface area contributed by atoms with Crippen molar-refractivity contribution >= 4 is 40.4 Å². The van der Waals surface area contributed by atoms with Crippen LogP contribution < -0.4 is 24.0 Å². The molecule has 1 unspecified atom stereocenters. The zero-order valence-corrected chi connectivity index (χ0v) is 21.9. The fourth-order valence-corrected chi connectivity index (χ4v) is 4.53. The number of hydrogen-bond donors (Lipinski definition) is 1. The van der Waals surface area contributed by atoms with E-state index < -0.39 is 17.7 Å². The third kappa shape index (κ3) is 4.80. The highest BCUT2D eigenvalue weighted by Crippen LogP contribution is 2.44. The molecule has 1 atom stereocenters. The Hall–Kier alpha value is -4.17. The van der Waals surface area contributed by atoms with Gasteiger partial charge in [0.05, 0.1) is 43.7 Å². The molecule has 1 amide bonds. The Balaban J connectivity index is 1.95. The van der Waals surface area contributed by atoms with Gasteiger partial charge in [0, 0.05) is 43.5 Å². The highest BCUT2D eigenvalue weighted by atomic mass is 35.5. The fraction of sp³-hybridized carbons (Fsp3) is 0.214. The molecule has 9 heteroatoms. The van der Waals surface area contributed by atoms with Gasteiger partial charge in [0.1, 0.15) is 23.0 Å². The van der Waals surface area contributed by atoms with Crippen LogP contribution in [-0.4, -0.2) is 52.2 Å². The molecule has 0 bridgehead atoms. The molecule has 8 nitrogen and oxygen atoms in total. The van der Waals surface area contributed by atoms with Crippen molar-refractivity contribution in [3.63, 3.8) is 0 Å². The van der Waals surface area contributed by atoms with Gasteiger partial charge in [-0.3, -0.25) is 14.5 Å². The number of hydrogen-bond acceptors (Lipinski definition) is 7. The number of nitrogens with zero attached hydrogens (tertiary/aromatic N) is 2. The molecular formula is C28H27ClN2O6. The quantitative estimate of drug-likeness (QED) is 0.263. The second kappa shape index (κ2) is 10.4. The predicted molar refractivity (Wildman–Crippen MR) is 143 cm³/mol. The average Bonchev–Trinajstić information content (AvgIpc) is 3.17. The van der Waals surface area contributed by atoms with Gasteiger partial charge in [-0.25, -0.2) is 0 Å². The van der Waals surface area contributed by atoms with Gasteiger partial charge in [0.25, 0.3) is 11.7 Å². The number of benzene rings is 3. The van der Waals surface area contributed by atoms with E-state index in [1.165, 1.54) is 32.3 Å². The summed E-state index contributed by atoms with van der Waals surface area (Å²) < 4.78 is 16.0. The van der Waals surface area contributed by atoms with Crippen molar-refractivity contribution < 1.29 is 28.9 Å². The Morgan fingerprint density at radius 3 is 2.03 bits per heavy atom. The van der Waals surface area contributed by atoms with E-state index in [0.717, 1.165) is 5.69 Å². The first-order valence-electron chi connectivity index (χ1n) is 11.4. The van der Waals surface area contributed by atoms with Crippen LogP contribution in [0.3, 0.4) is 0 Å². The van der Waals surface area contributed by atoms with Crippen molar-refractivity contribution in [2.45, 2.75) is 6.04 Å². The summed E-state index contributed by atoms with van der Waals surface area (Å²) in [7, 11) is 8.30. The number of ketones is 1. The minimum absolute atomic E-state index is 0.0642. The number of ether oxygens (including phenoxy) is 3. The maximum absolute atomic E-state index is 13.5. The number of aliphatic hydroxyl groups is 1. The average molecular weight is 523 g/mol. The molecule has 3 aromatic rings. The van der Waals surface area contributed by atoms with Crippen LogP contribution in [0.2, 0.25) is 5.02 Å². The van der Waals surface area contributed by atoms with Crippen LogP contribution in [0.4, 0.5) is 11.4 Å². The third-order valence-electron chi connectivity index (χ3n) is 6.21. The summed E-state index contributed by atoms with van der Waals surface area (Å²) in [6.07, 6.45) is 0. The molecule has 4 rings (SSSR count). The zero-order chi connectivity index (χ0) is 26.9. The standard InChI is InChI=1S/C28H27ClN2O6/c1-30(2)18-9-6-16(7-10-18)25-24(26(32)17-8-11-23(37-5)22(29)12-17)27(33)28(34)31(25)19-13-20(35-3)15-21(14-19)36-4/h6-15,25,32H,1-5H3/b26-24+. The van der Waals surface area contributed by atoms with Crippen molar-refractivity contribution in [3.05, 3.63) is 82.4 Å². The van der Waals surface area contributed by atoms with Crippen molar-refractivity contribution in [1.82, 2.24) is 0 Å². The normalized spacial score (nSPS) is 16.6. The summed E-state index contributed by atoms with van der Waals surface area (Å²) in [5.41, 5.74) is 2.16. The van der Waals surface area contributed by atoms with Gasteiger partial charge in [-0.2, -0.15) is 0 Å². The van der Waals surface area contributed by atoms with E-state index in [4.69, 9.17) is 25.8 Å². The first kappa shape index (κ1) is 25.9. The van der Waals surface area contributed by atoms with E-state index in [9.17, 15) is 14.7 Å². The van der Waals surface area contributed by atoms with E-state index in [2.05, 4.69) is 0 Å². The van der Waals surface area contributed by atoms with E-state index in [1.807, 2.05) is 43.3 Å². The molecule has 1 heterocycles. The monoisotopic (exact) mass is 522 g/mol. The number of anilines is 2. The SMILES string of the molecule is COc1cc(OC)cc(N2C(=O)C(=O)/C(=C(/O)c3ccc(OC)c(Cl)c3)C2c2ccc(N(C)C)cc2)c1. The molecule has 0 aliphatic carbocycles. The minimum atomic E-state index is -0.922. The Morgan fingerprint density at radius 1 is 0.892 bits per heavy atom. The van der Waals surface area contributed by atoms with Gasteiger partial charge >= 0.3 is 0 Å². The van der Waals surface area contributed by atoms with Gasteiger partial charge in [0.2, 0.25) is 0 Å². The Morgan fingerprint density at radius 2 is 1.51 bits per heavy atom. The highest BCUT2D eigenvalue weighted by Gasteiger charge is 2.47. The molecule has 1 saturated heterocycles. The van der Waals surface area contributed by atoms with Crippen LogP contribution in [-0.2, 0) is 9.59 Å². The lowest BCUT2D eigenvalue weighted by Crippen LogP contribution is -2.29. The fourth-order valence-electron chi connectivity index (χ4n) is 4.27. The Kier molecular flexibility index (Phi) is 7.31. The number of carbonyl (C=O) groups excluding carboxylic acids is 2. The molecule has 1 aliphatic heterocycles. The molecule has 0 saturated carbocycles. The van der Waals surface area contributed by atoms with Crippen molar-refractivity contribution in [2.24, 2.45) is 0 Å². The summed E-state index contributed by atoms with van der Waals surface area (Å²) in [6.45, 7) is 0. The maximum atomic E-state index is 13.5. The number of halogens is 1. The summed E-state index contributed by atoms with van der Waals surface area (Å²) in [5.74, 6) is -0.661. The van der Waals surface area contributed by atoms with Crippen LogP contribution in [0.15, 0.2) is 66.2 Å². The molecular weight excluding hydrogens is 496 g/mol. The van der Waals surface area contributed by atoms with Crippen LogP contribution >= 0.6 is 11.6 Å². The van der Waals surface area contributed by atoms with Crippen molar-refractivity contribution in [1.29, 1.82) is 0 Å². The van der Waals surface area contributed by atoms with Crippen LogP contribution in [0.1, 0.15) is 17.2 Å². The summed E-state index contributed by atoms with van der Waals surface area (Å²) in [5, 5.41) is 11.6. The number of methoxy groups -OCH3 is 3. The van der Waals surface area contributed by atoms with E-state index in [0.29, 0.717) is 28.5 Å². The topological polar surface area (TPSA) is 88.5 Å². The highest BCUT2D eigenvalue weighted by molar-refractivity contribution is 6.51. The molecule has 0 aromatic heterocycles. The van der Waals surface area contributed by atoms with Crippen molar-refractivity contribution in [3.8, 4) is 17.2 Å². The van der Waals surface area contributed by atoms with Gasteiger partial charge in [-0.15, -0.1) is 0 Å².